The van der Waals surface area contributed by atoms with Crippen LogP contribution in [0, 0.1) is 11.8 Å². The number of carbonyl (C=O) groups excluding carboxylic acids is 1. The van der Waals surface area contributed by atoms with Crippen molar-refractivity contribution in [3.05, 3.63) is 35.9 Å². The first-order valence-electron chi connectivity index (χ1n) is 8.08. The molecule has 1 saturated heterocycles. The summed E-state index contributed by atoms with van der Waals surface area (Å²) in [4.78, 5) is 15.0. The van der Waals surface area contributed by atoms with E-state index < -0.39 is 0 Å². The molecule has 116 valence electrons. The highest BCUT2D eigenvalue weighted by Crippen LogP contribution is 2.20. The summed E-state index contributed by atoms with van der Waals surface area (Å²) in [5.41, 5.74) is 0.802. The van der Waals surface area contributed by atoms with Crippen molar-refractivity contribution in [1.82, 2.24) is 10.2 Å². The highest BCUT2D eigenvalue weighted by molar-refractivity contribution is 5.94. The van der Waals surface area contributed by atoms with Crippen molar-refractivity contribution in [3.8, 4) is 0 Å². The average molecular weight is 288 g/mol. The van der Waals surface area contributed by atoms with Crippen LogP contribution in [-0.4, -0.2) is 36.0 Å². The lowest BCUT2D eigenvalue weighted by atomic mass is 9.94. The lowest BCUT2D eigenvalue weighted by Gasteiger charge is -2.42. The Bertz CT molecular complexity index is 456. The Hall–Kier alpha value is -1.35. The van der Waals surface area contributed by atoms with Gasteiger partial charge in [-0.25, -0.2) is 0 Å². The van der Waals surface area contributed by atoms with Crippen molar-refractivity contribution in [3.63, 3.8) is 0 Å². The molecule has 0 saturated carbocycles. The van der Waals surface area contributed by atoms with Gasteiger partial charge in [0.2, 0.25) is 0 Å². The van der Waals surface area contributed by atoms with Crippen LogP contribution >= 0.6 is 0 Å². The predicted molar refractivity (Wildman–Crippen MR) is 87.4 cm³/mol. The number of rotatable bonds is 4. The van der Waals surface area contributed by atoms with Crippen LogP contribution in [0.25, 0.3) is 0 Å². The number of nitrogens with one attached hydrogen (secondary N) is 1. The Morgan fingerprint density at radius 1 is 1.24 bits per heavy atom. The van der Waals surface area contributed by atoms with E-state index in [1.54, 1.807) is 0 Å². The maximum Gasteiger partial charge on any atom is 0.254 e. The zero-order chi connectivity index (χ0) is 15.4. The maximum atomic E-state index is 12.9. The van der Waals surface area contributed by atoms with Crippen LogP contribution in [0.2, 0.25) is 0 Å². The molecule has 2 rings (SSSR count). The fourth-order valence-electron chi connectivity index (χ4n) is 3.02. The summed E-state index contributed by atoms with van der Waals surface area (Å²) in [6.45, 7) is 10.6. The van der Waals surface area contributed by atoms with Gasteiger partial charge < -0.3 is 10.2 Å². The van der Waals surface area contributed by atoms with Crippen molar-refractivity contribution in [2.45, 2.75) is 46.2 Å². The molecule has 1 fully saturated rings. The van der Waals surface area contributed by atoms with Crippen LogP contribution in [0.5, 0.6) is 0 Å². The fourth-order valence-corrected chi connectivity index (χ4v) is 3.02. The lowest BCUT2D eigenvalue weighted by molar-refractivity contribution is 0.0521. The van der Waals surface area contributed by atoms with Crippen LogP contribution in [0.1, 0.15) is 44.5 Å². The number of benzene rings is 1. The van der Waals surface area contributed by atoms with E-state index in [2.05, 4.69) is 37.9 Å². The zero-order valence-corrected chi connectivity index (χ0v) is 13.7. The lowest BCUT2D eigenvalue weighted by Crippen LogP contribution is -2.60. The average Bonchev–Trinajstić information content (AvgIpc) is 2.47. The second-order valence-corrected chi connectivity index (χ2v) is 6.87. The fraction of sp³-hybridized carbons (Fsp3) is 0.611. The molecule has 0 aliphatic carbocycles. The van der Waals surface area contributed by atoms with Gasteiger partial charge in [-0.15, -0.1) is 0 Å². The van der Waals surface area contributed by atoms with E-state index in [-0.39, 0.29) is 5.91 Å². The Morgan fingerprint density at radius 2 is 1.90 bits per heavy atom. The van der Waals surface area contributed by atoms with E-state index in [0.29, 0.717) is 23.9 Å². The smallest absolute Gasteiger partial charge is 0.254 e. The third-order valence-electron chi connectivity index (χ3n) is 4.28. The van der Waals surface area contributed by atoms with Gasteiger partial charge in [0.25, 0.3) is 5.91 Å². The number of hydrogen-bond acceptors (Lipinski definition) is 2. The van der Waals surface area contributed by atoms with Crippen LogP contribution in [0.3, 0.4) is 0 Å². The van der Waals surface area contributed by atoms with Gasteiger partial charge in [0, 0.05) is 30.7 Å². The van der Waals surface area contributed by atoms with E-state index in [1.165, 1.54) is 0 Å². The Labute approximate surface area is 128 Å². The summed E-state index contributed by atoms with van der Waals surface area (Å²) >= 11 is 0. The molecular formula is C18H28N2O. The van der Waals surface area contributed by atoms with Gasteiger partial charge in [-0.1, -0.05) is 45.9 Å². The van der Waals surface area contributed by atoms with Gasteiger partial charge in [0.15, 0.2) is 0 Å². The predicted octanol–water partition coefficient (Wildman–Crippen LogP) is 3.17. The normalized spacial score (nSPS) is 22.9. The first-order valence-corrected chi connectivity index (χ1v) is 8.08. The molecule has 3 heteroatoms. The van der Waals surface area contributed by atoms with Crippen molar-refractivity contribution in [2.24, 2.45) is 11.8 Å². The maximum absolute atomic E-state index is 12.9. The number of hydrogen-bond donors (Lipinski definition) is 1. The third-order valence-corrected chi connectivity index (χ3v) is 4.28. The standard InChI is InChI=1S/C18H28N2O/c1-13(2)10-16-11-19-17(14(3)4)12-20(16)18(21)15-8-6-5-7-9-15/h5-9,13-14,16-17,19H,10-12H2,1-4H3. The second kappa shape index (κ2) is 7.08. The largest absolute Gasteiger partial charge is 0.333 e. The number of amides is 1. The number of nitrogens with zero attached hydrogens (tertiary/aromatic N) is 1. The molecule has 1 aromatic rings. The molecule has 1 aromatic carbocycles. The molecule has 1 amide bonds. The highest BCUT2D eigenvalue weighted by atomic mass is 16.2. The van der Waals surface area contributed by atoms with E-state index >= 15 is 0 Å². The summed E-state index contributed by atoms with van der Waals surface area (Å²) in [5.74, 6) is 1.31. The van der Waals surface area contributed by atoms with Crippen molar-refractivity contribution in [2.75, 3.05) is 13.1 Å². The first-order chi connectivity index (χ1) is 9.99. The summed E-state index contributed by atoms with van der Waals surface area (Å²) < 4.78 is 0. The second-order valence-electron chi connectivity index (χ2n) is 6.87. The first kappa shape index (κ1) is 16.0. The summed E-state index contributed by atoms with van der Waals surface area (Å²) in [5, 5.41) is 3.62. The highest BCUT2D eigenvalue weighted by Gasteiger charge is 2.33. The number of carbonyl (C=O) groups is 1. The Balaban J connectivity index is 2.18. The van der Waals surface area contributed by atoms with Crippen molar-refractivity contribution in [1.29, 1.82) is 0 Å². The van der Waals surface area contributed by atoms with Gasteiger partial charge in [0.1, 0.15) is 0 Å². The van der Waals surface area contributed by atoms with Crippen molar-refractivity contribution < 1.29 is 4.79 Å². The minimum Gasteiger partial charge on any atom is -0.333 e. The molecule has 1 aliphatic rings. The number of piperazine rings is 1. The molecule has 21 heavy (non-hydrogen) atoms. The molecule has 0 aromatic heterocycles. The van der Waals surface area contributed by atoms with E-state index in [1.807, 2.05) is 30.3 Å². The van der Waals surface area contributed by atoms with E-state index in [9.17, 15) is 4.79 Å². The molecule has 0 bridgehead atoms. The van der Waals surface area contributed by atoms with E-state index in [0.717, 1.165) is 25.1 Å². The molecule has 0 radical (unpaired) electrons. The van der Waals surface area contributed by atoms with Gasteiger partial charge in [0.05, 0.1) is 0 Å². The van der Waals surface area contributed by atoms with Crippen LogP contribution in [-0.2, 0) is 0 Å². The Kier molecular flexibility index (Phi) is 5.40. The van der Waals surface area contributed by atoms with Gasteiger partial charge in [-0.2, -0.15) is 0 Å². The molecule has 3 nitrogen and oxygen atoms in total. The van der Waals surface area contributed by atoms with Gasteiger partial charge in [-0.05, 0) is 30.4 Å². The summed E-state index contributed by atoms with van der Waals surface area (Å²) in [7, 11) is 0. The molecule has 2 unspecified atom stereocenters. The zero-order valence-electron chi connectivity index (χ0n) is 13.7. The van der Waals surface area contributed by atoms with Gasteiger partial charge in [-0.3, -0.25) is 4.79 Å². The van der Waals surface area contributed by atoms with Crippen LogP contribution < -0.4 is 5.32 Å². The third kappa shape index (κ3) is 4.07. The monoisotopic (exact) mass is 288 g/mol. The van der Waals surface area contributed by atoms with Crippen molar-refractivity contribution >= 4 is 5.91 Å². The molecule has 1 N–H and O–H groups in total. The molecule has 2 atom stereocenters. The van der Waals surface area contributed by atoms with Gasteiger partial charge >= 0.3 is 0 Å². The molecule has 0 spiro atoms. The topological polar surface area (TPSA) is 32.3 Å². The SMILES string of the molecule is CC(C)CC1CNC(C(C)C)CN1C(=O)c1ccccc1. The molecular weight excluding hydrogens is 260 g/mol. The van der Waals surface area contributed by atoms with E-state index in [4.69, 9.17) is 0 Å². The summed E-state index contributed by atoms with van der Waals surface area (Å²) in [6, 6.07) is 10.4. The van der Waals surface area contributed by atoms with Crippen LogP contribution in [0.15, 0.2) is 30.3 Å². The Morgan fingerprint density at radius 3 is 2.48 bits per heavy atom. The molecule has 1 aliphatic heterocycles. The van der Waals surface area contributed by atoms with Crippen LogP contribution in [0.4, 0.5) is 0 Å². The minimum absolute atomic E-state index is 0.174. The minimum atomic E-state index is 0.174. The molecule has 1 heterocycles. The quantitative estimate of drug-likeness (QED) is 0.923. The summed E-state index contributed by atoms with van der Waals surface area (Å²) in [6.07, 6.45) is 1.05.